The summed E-state index contributed by atoms with van der Waals surface area (Å²) in [5.41, 5.74) is 15.1. The third kappa shape index (κ3) is 7.17. The van der Waals surface area contributed by atoms with E-state index in [-0.39, 0.29) is 10.8 Å². The van der Waals surface area contributed by atoms with Crippen LogP contribution in [-0.4, -0.2) is 5.11 Å². The first-order chi connectivity index (χ1) is 32.2. The Hall–Kier alpha value is -7.76. The molecule has 2 aromatic heterocycles. The molecule has 5 heteroatoms. The standard InChI is InChI=1S/C62H54N2O3/c1-38-17-11-20-41(33-38)63(53-30-16-27-49-48-26-15-29-52(62(6,7)8)59(48)67-60(49)53)44-31-32-50-55(36-44)66-56-37-54(46-23-9-10-24-47(46)57(50)56)64(42-21-12-18-39(2)34-42)43-22-13-19-40(35-43)45-25-14-28-51(58(45)65)61(3,4)5/h9-37,65H,1-8H3. The molecule has 0 saturated heterocycles. The summed E-state index contributed by atoms with van der Waals surface area (Å²) in [6, 6.07) is 62.2. The predicted octanol–water partition coefficient (Wildman–Crippen LogP) is 18.2. The number of para-hydroxylation sites is 3. The average Bonchev–Trinajstić information content (AvgIpc) is 3.87. The van der Waals surface area contributed by atoms with Crippen LogP contribution in [0.1, 0.15) is 63.8 Å². The van der Waals surface area contributed by atoms with Gasteiger partial charge in [-0.1, -0.05) is 151 Å². The number of benzene rings is 9. The Bertz CT molecular complexity index is 3730. The third-order valence-corrected chi connectivity index (χ3v) is 13.3. The predicted molar refractivity (Wildman–Crippen MR) is 282 cm³/mol. The van der Waals surface area contributed by atoms with E-state index in [1.165, 1.54) is 5.56 Å². The number of aromatic hydroxyl groups is 1. The molecule has 0 bridgehead atoms. The van der Waals surface area contributed by atoms with Gasteiger partial charge < -0.3 is 23.7 Å². The van der Waals surface area contributed by atoms with Crippen LogP contribution in [-0.2, 0) is 10.8 Å². The van der Waals surface area contributed by atoms with Gasteiger partial charge >= 0.3 is 0 Å². The molecule has 0 aliphatic rings. The molecular weight excluding hydrogens is 821 g/mol. The molecule has 0 aliphatic carbocycles. The van der Waals surface area contributed by atoms with Crippen molar-refractivity contribution in [3.63, 3.8) is 0 Å². The van der Waals surface area contributed by atoms with E-state index in [9.17, 15) is 5.11 Å². The lowest BCUT2D eigenvalue weighted by atomic mass is 9.84. The van der Waals surface area contributed by atoms with Crippen molar-refractivity contribution in [1.29, 1.82) is 0 Å². The van der Waals surface area contributed by atoms with Crippen molar-refractivity contribution < 1.29 is 13.9 Å². The number of anilines is 6. The molecule has 67 heavy (non-hydrogen) atoms. The zero-order valence-corrected chi connectivity index (χ0v) is 39.4. The third-order valence-electron chi connectivity index (χ3n) is 13.3. The number of hydrogen-bond donors (Lipinski definition) is 1. The van der Waals surface area contributed by atoms with Gasteiger partial charge in [0.25, 0.3) is 0 Å². The van der Waals surface area contributed by atoms with Crippen LogP contribution >= 0.6 is 0 Å². The number of hydrogen-bond acceptors (Lipinski definition) is 5. The lowest BCUT2D eigenvalue weighted by Crippen LogP contribution is -2.12. The monoisotopic (exact) mass is 874 g/mol. The van der Waals surface area contributed by atoms with Crippen LogP contribution in [0.4, 0.5) is 34.1 Å². The van der Waals surface area contributed by atoms with Gasteiger partial charge in [-0.15, -0.1) is 0 Å². The van der Waals surface area contributed by atoms with Gasteiger partial charge in [-0.3, -0.25) is 0 Å². The van der Waals surface area contributed by atoms with E-state index in [4.69, 9.17) is 8.83 Å². The highest BCUT2D eigenvalue weighted by Crippen LogP contribution is 2.49. The van der Waals surface area contributed by atoms with E-state index < -0.39 is 0 Å². The number of nitrogens with zero attached hydrogens (tertiary/aromatic N) is 2. The Morgan fingerprint density at radius 3 is 1.64 bits per heavy atom. The molecule has 1 N–H and O–H groups in total. The molecule has 0 fully saturated rings. The van der Waals surface area contributed by atoms with Crippen LogP contribution in [0, 0.1) is 13.8 Å². The average molecular weight is 875 g/mol. The molecule has 0 unspecified atom stereocenters. The molecule has 9 aromatic carbocycles. The van der Waals surface area contributed by atoms with Crippen molar-refractivity contribution in [2.45, 2.75) is 66.2 Å². The summed E-state index contributed by atoms with van der Waals surface area (Å²) in [6.07, 6.45) is 0. The summed E-state index contributed by atoms with van der Waals surface area (Å²) in [5, 5.41) is 18.2. The summed E-state index contributed by atoms with van der Waals surface area (Å²) in [6.45, 7) is 17.4. The zero-order valence-electron chi connectivity index (χ0n) is 39.4. The minimum Gasteiger partial charge on any atom is -0.507 e. The molecule has 5 nitrogen and oxygen atoms in total. The molecular formula is C62H54N2O3. The van der Waals surface area contributed by atoms with Gasteiger partial charge in [-0.25, -0.2) is 0 Å². The lowest BCUT2D eigenvalue weighted by Gasteiger charge is -2.28. The maximum absolute atomic E-state index is 11.7. The fourth-order valence-electron chi connectivity index (χ4n) is 10.1. The largest absolute Gasteiger partial charge is 0.507 e. The molecule has 2 heterocycles. The maximum atomic E-state index is 11.7. The topological polar surface area (TPSA) is 53.0 Å². The zero-order chi connectivity index (χ0) is 46.4. The highest BCUT2D eigenvalue weighted by atomic mass is 16.3. The molecule has 0 radical (unpaired) electrons. The van der Waals surface area contributed by atoms with Gasteiger partial charge in [0.15, 0.2) is 5.58 Å². The van der Waals surface area contributed by atoms with Crippen LogP contribution in [0.15, 0.2) is 185 Å². The second-order valence-corrected chi connectivity index (χ2v) is 20.1. The molecule has 0 saturated carbocycles. The van der Waals surface area contributed by atoms with Crippen molar-refractivity contribution in [1.82, 2.24) is 0 Å². The van der Waals surface area contributed by atoms with Crippen molar-refractivity contribution in [2.24, 2.45) is 0 Å². The van der Waals surface area contributed by atoms with Crippen molar-refractivity contribution >= 4 is 88.8 Å². The van der Waals surface area contributed by atoms with Crippen molar-refractivity contribution in [3.8, 4) is 16.9 Å². The van der Waals surface area contributed by atoms with Gasteiger partial charge in [0, 0.05) is 67.3 Å². The van der Waals surface area contributed by atoms with Crippen molar-refractivity contribution in [2.75, 3.05) is 9.80 Å². The van der Waals surface area contributed by atoms with Gasteiger partial charge in [0.2, 0.25) is 0 Å². The van der Waals surface area contributed by atoms with Gasteiger partial charge in [-0.05, 0) is 107 Å². The van der Waals surface area contributed by atoms with Gasteiger partial charge in [-0.2, -0.15) is 0 Å². The molecule has 0 amide bonds. The number of rotatable bonds is 7. The molecule has 11 rings (SSSR count). The fourth-order valence-corrected chi connectivity index (χ4v) is 10.1. The van der Waals surface area contributed by atoms with E-state index in [1.54, 1.807) is 0 Å². The van der Waals surface area contributed by atoms with Crippen LogP contribution < -0.4 is 9.80 Å². The number of aryl methyl sites for hydroxylation is 2. The lowest BCUT2D eigenvalue weighted by molar-refractivity contribution is 0.448. The summed E-state index contributed by atoms with van der Waals surface area (Å²) in [4.78, 5) is 4.62. The summed E-state index contributed by atoms with van der Waals surface area (Å²) >= 11 is 0. The summed E-state index contributed by atoms with van der Waals surface area (Å²) in [5.74, 6) is 0.313. The van der Waals surface area contributed by atoms with Crippen molar-refractivity contribution in [3.05, 3.63) is 198 Å². The Morgan fingerprint density at radius 2 is 0.955 bits per heavy atom. The number of phenolic OH excluding ortho intramolecular Hbond substituents is 1. The first kappa shape index (κ1) is 41.9. The fraction of sp³-hybridized carbons (Fsp3) is 0.161. The second-order valence-electron chi connectivity index (χ2n) is 20.1. The normalized spacial score (nSPS) is 12.2. The van der Waals surface area contributed by atoms with Gasteiger partial charge in [0.05, 0.1) is 17.1 Å². The van der Waals surface area contributed by atoms with E-state index in [0.717, 1.165) is 117 Å². The Kier molecular flexibility index (Phi) is 9.82. The minimum absolute atomic E-state index is 0.0934. The Labute approximate surface area is 392 Å². The minimum atomic E-state index is -0.217. The SMILES string of the molecule is Cc1cccc(N(c2cccc(-c3cccc(C(C)(C)C)c3O)c2)c2cc3oc4cc(N(c5cccc(C)c5)c5cccc6c5oc5c(C(C)(C)C)cccc56)ccc4c3c3ccccc23)c1. The smallest absolute Gasteiger partial charge is 0.159 e. The Balaban J connectivity index is 1.11. The van der Waals surface area contributed by atoms with Crippen LogP contribution in [0.3, 0.4) is 0 Å². The van der Waals surface area contributed by atoms with E-state index in [1.807, 2.05) is 18.2 Å². The number of fused-ring (bicyclic) bond motifs is 8. The van der Waals surface area contributed by atoms with E-state index >= 15 is 0 Å². The maximum Gasteiger partial charge on any atom is 0.159 e. The number of phenols is 1. The Morgan fingerprint density at radius 1 is 0.403 bits per heavy atom. The van der Waals surface area contributed by atoms with Crippen LogP contribution in [0.25, 0.3) is 65.8 Å². The molecule has 0 aliphatic heterocycles. The highest BCUT2D eigenvalue weighted by molar-refractivity contribution is 6.23. The summed E-state index contributed by atoms with van der Waals surface area (Å²) < 4.78 is 14.0. The quantitative estimate of drug-likeness (QED) is 0.173. The van der Waals surface area contributed by atoms with Crippen LogP contribution in [0.2, 0.25) is 0 Å². The summed E-state index contributed by atoms with van der Waals surface area (Å²) in [7, 11) is 0. The van der Waals surface area contributed by atoms with Crippen LogP contribution in [0.5, 0.6) is 5.75 Å². The molecule has 0 atom stereocenters. The van der Waals surface area contributed by atoms with E-state index in [0.29, 0.717) is 5.75 Å². The molecule has 0 spiro atoms. The van der Waals surface area contributed by atoms with E-state index in [2.05, 4.69) is 223 Å². The first-order valence-electron chi connectivity index (χ1n) is 23.2. The molecule has 11 aromatic rings. The number of furan rings is 2. The molecule has 330 valence electrons. The first-order valence-corrected chi connectivity index (χ1v) is 23.2. The second kappa shape index (κ2) is 15.7. The van der Waals surface area contributed by atoms with Gasteiger partial charge in [0.1, 0.15) is 22.5 Å². The highest BCUT2D eigenvalue weighted by Gasteiger charge is 2.27.